The lowest BCUT2D eigenvalue weighted by Gasteiger charge is -2.35. The molecule has 1 atom stereocenters. The second-order valence-corrected chi connectivity index (χ2v) is 7.76. The number of piperidine rings is 1. The van der Waals surface area contributed by atoms with Crippen LogP contribution in [0.15, 0.2) is 30.3 Å². The van der Waals surface area contributed by atoms with Crippen molar-refractivity contribution < 1.29 is 24.2 Å². The van der Waals surface area contributed by atoms with Gasteiger partial charge in [0.25, 0.3) is 0 Å². The molecule has 0 radical (unpaired) electrons. The molecule has 0 saturated carbocycles. The van der Waals surface area contributed by atoms with Crippen molar-refractivity contribution in [2.24, 2.45) is 11.3 Å². The van der Waals surface area contributed by atoms with Crippen molar-refractivity contribution in [1.82, 2.24) is 10.2 Å². The monoisotopic (exact) mass is 388 g/mol. The molecule has 28 heavy (non-hydrogen) atoms. The lowest BCUT2D eigenvalue weighted by molar-refractivity contribution is -0.154. The van der Waals surface area contributed by atoms with Gasteiger partial charge >= 0.3 is 5.97 Å². The van der Waals surface area contributed by atoms with Crippen LogP contribution >= 0.6 is 0 Å². The second kappa shape index (κ2) is 9.19. The van der Waals surface area contributed by atoms with Crippen LogP contribution in [0.25, 0.3) is 0 Å². The maximum atomic E-state index is 12.7. The van der Waals surface area contributed by atoms with E-state index in [-0.39, 0.29) is 24.3 Å². The fourth-order valence-electron chi connectivity index (χ4n) is 3.93. The average Bonchev–Trinajstić information content (AvgIpc) is 2.73. The van der Waals surface area contributed by atoms with Crippen LogP contribution < -0.4 is 5.32 Å². The highest BCUT2D eigenvalue weighted by Gasteiger charge is 2.41. The normalized spacial score (nSPS) is 21.7. The second-order valence-electron chi connectivity index (χ2n) is 7.76. The number of carbonyl (C=O) groups excluding carboxylic acids is 2. The summed E-state index contributed by atoms with van der Waals surface area (Å²) in [6, 6.07) is 9.57. The van der Waals surface area contributed by atoms with E-state index >= 15 is 0 Å². The van der Waals surface area contributed by atoms with Gasteiger partial charge in [-0.05, 0) is 31.2 Å². The van der Waals surface area contributed by atoms with Crippen molar-refractivity contribution in [2.75, 3.05) is 32.8 Å². The number of hydrogen-bond donors (Lipinski definition) is 2. The molecule has 1 unspecified atom stereocenters. The van der Waals surface area contributed by atoms with Crippen LogP contribution in [0.5, 0.6) is 0 Å². The Balaban J connectivity index is 1.53. The maximum Gasteiger partial charge on any atom is 0.311 e. The predicted octanol–water partition coefficient (Wildman–Crippen LogP) is 1.47. The fourth-order valence-corrected chi connectivity index (χ4v) is 3.93. The molecule has 7 heteroatoms. The molecule has 2 aliphatic rings. The van der Waals surface area contributed by atoms with Gasteiger partial charge in [-0.3, -0.25) is 14.4 Å². The Hall–Kier alpha value is -2.41. The molecular formula is C21H28N2O5. The molecular weight excluding hydrogens is 360 g/mol. The van der Waals surface area contributed by atoms with E-state index in [1.165, 1.54) is 0 Å². The van der Waals surface area contributed by atoms with Gasteiger partial charge in [-0.15, -0.1) is 0 Å². The summed E-state index contributed by atoms with van der Waals surface area (Å²) in [4.78, 5) is 38.7. The fraction of sp³-hybridized carbons (Fsp3) is 0.571. The SMILES string of the molecule is O=C(NCC1(C(=O)O)CCOCC1)C1CCCN(C(=O)Cc2ccccc2)C1. The summed E-state index contributed by atoms with van der Waals surface area (Å²) < 4.78 is 5.27. The number of carboxylic acid groups (broad SMARTS) is 1. The third-order valence-corrected chi connectivity index (χ3v) is 5.85. The summed E-state index contributed by atoms with van der Waals surface area (Å²) in [6.45, 7) is 1.95. The highest BCUT2D eigenvalue weighted by Crippen LogP contribution is 2.30. The number of nitrogens with one attached hydrogen (secondary N) is 1. The molecule has 2 aliphatic heterocycles. The minimum absolute atomic E-state index is 0.0233. The molecule has 0 aliphatic carbocycles. The van der Waals surface area contributed by atoms with Gasteiger partial charge in [0.15, 0.2) is 0 Å². The van der Waals surface area contributed by atoms with Gasteiger partial charge < -0.3 is 20.1 Å². The molecule has 0 aromatic heterocycles. The van der Waals surface area contributed by atoms with Crippen LogP contribution in [0, 0.1) is 11.3 Å². The molecule has 2 heterocycles. The number of amides is 2. The highest BCUT2D eigenvalue weighted by atomic mass is 16.5. The maximum absolute atomic E-state index is 12.7. The zero-order chi connectivity index (χ0) is 20.0. The van der Waals surface area contributed by atoms with E-state index in [1.807, 2.05) is 30.3 Å². The van der Waals surface area contributed by atoms with E-state index in [1.54, 1.807) is 4.90 Å². The molecule has 152 valence electrons. The Bertz CT molecular complexity index is 700. The number of ether oxygens (including phenoxy) is 1. The van der Waals surface area contributed by atoms with Crippen LogP contribution in [0.3, 0.4) is 0 Å². The Morgan fingerprint density at radius 2 is 1.89 bits per heavy atom. The lowest BCUT2D eigenvalue weighted by Crippen LogP contribution is -2.50. The number of carbonyl (C=O) groups is 3. The predicted molar refractivity (Wildman–Crippen MR) is 103 cm³/mol. The smallest absolute Gasteiger partial charge is 0.311 e. The van der Waals surface area contributed by atoms with Gasteiger partial charge in [-0.1, -0.05) is 30.3 Å². The summed E-state index contributed by atoms with van der Waals surface area (Å²) in [6.07, 6.45) is 2.61. The average molecular weight is 388 g/mol. The van der Waals surface area contributed by atoms with E-state index in [0.717, 1.165) is 12.0 Å². The summed E-state index contributed by atoms with van der Waals surface area (Å²) >= 11 is 0. The standard InChI is InChI=1S/C21H28N2O5/c24-18(13-16-5-2-1-3-6-16)23-10-4-7-17(14-23)19(25)22-15-21(20(26)27)8-11-28-12-9-21/h1-3,5-6,17H,4,7-15H2,(H,22,25)(H,26,27). The first-order valence-corrected chi connectivity index (χ1v) is 9.91. The first kappa shape index (κ1) is 20.3. The Morgan fingerprint density at radius 3 is 2.57 bits per heavy atom. The molecule has 1 aromatic carbocycles. The Kier molecular flexibility index (Phi) is 6.67. The number of benzene rings is 1. The number of carboxylic acids is 1. The first-order valence-electron chi connectivity index (χ1n) is 9.91. The minimum atomic E-state index is -0.953. The number of hydrogen-bond acceptors (Lipinski definition) is 4. The Labute approximate surface area is 165 Å². The minimum Gasteiger partial charge on any atom is -0.481 e. The zero-order valence-corrected chi connectivity index (χ0v) is 16.1. The molecule has 0 bridgehead atoms. The van der Waals surface area contributed by atoms with E-state index in [0.29, 0.717) is 52.0 Å². The van der Waals surface area contributed by atoms with Crippen molar-refractivity contribution >= 4 is 17.8 Å². The number of aliphatic carboxylic acids is 1. The summed E-state index contributed by atoms with van der Waals surface area (Å²) in [5.74, 6) is -1.32. The molecule has 2 saturated heterocycles. The first-order chi connectivity index (χ1) is 13.5. The van der Waals surface area contributed by atoms with Crippen LogP contribution in [0.4, 0.5) is 0 Å². The number of likely N-dealkylation sites (tertiary alicyclic amines) is 1. The van der Waals surface area contributed by atoms with Crippen molar-refractivity contribution in [3.63, 3.8) is 0 Å². The van der Waals surface area contributed by atoms with Crippen molar-refractivity contribution in [1.29, 1.82) is 0 Å². The summed E-state index contributed by atoms with van der Waals surface area (Å²) in [7, 11) is 0. The van der Waals surface area contributed by atoms with Crippen LogP contribution in [0.2, 0.25) is 0 Å². The summed E-state index contributed by atoms with van der Waals surface area (Å²) in [5.41, 5.74) is 0.00719. The zero-order valence-electron chi connectivity index (χ0n) is 16.1. The molecule has 7 nitrogen and oxygen atoms in total. The van der Waals surface area contributed by atoms with E-state index in [4.69, 9.17) is 4.74 Å². The highest BCUT2D eigenvalue weighted by molar-refractivity contribution is 5.83. The van der Waals surface area contributed by atoms with Crippen LogP contribution in [-0.4, -0.2) is 60.6 Å². The molecule has 2 amide bonds. The van der Waals surface area contributed by atoms with Gasteiger partial charge in [0.05, 0.1) is 17.8 Å². The van der Waals surface area contributed by atoms with E-state index < -0.39 is 11.4 Å². The van der Waals surface area contributed by atoms with Crippen LogP contribution in [-0.2, 0) is 25.5 Å². The quantitative estimate of drug-likeness (QED) is 0.769. The van der Waals surface area contributed by atoms with Gasteiger partial charge in [0.1, 0.15) is 0 Å². The Morgan fingerprint density at radius 1 is 1.18 bits per heavy atom. The van der Waals surface area contributed by atoms with E-state index in [9.17, 15) is 19.5 Å². The van der Waals surface area contributed by atoms with Crippen molar-refractivity contribution in [3.05, 3.63) is 35.9 Å². The van der Waals surface area contributed by atoms with Crippen LogP contribution in [0.1, 0.15) is 31.2 Å². The number of rotatable bonds is 6. The molecule has 2 fully saturated rings. The van der Waals surface area contributed by atoms with Gasteiger partial charge in [0, 0.05) is 32.8 Å². The molecule has 0 spiro atoms. The van der Waals surface area contributed by atoms with Gasteiger partial charge in [-0.25, -0.2) is 0 Å². The van der Waals surface area contributed by atoms with Gasteiger partial charge in [-0.2, -0.15) is 0 Å². The van der Waals surface area contributed by atoms with Gasteiger partial charge in [0.2, 0.25) is 11.8 Å². The largest absolute Gasteiger partial charge is 0.481 e. The molecule has 3 rings (SSSR count). The summed E-state index contributed by atoms with van der Waals surface area (Å²) in [5, 5.41) is 12.4. The molecule has 2 N–H and O–H groups in total. The lowest BCUT2D eigenvalue weighted by atomic mass is 9.80. The van der Waals surface area contributed by atoms with Crippen molar-refractivity contribution in [2.45, 2.75) is 32.1 Å². The van der Waals surface area contributed by atoms with Crippen molar-refractivity contribution in [3.8, 4) is 0 Å². The third-order valence-electron chi connectivity index (χ3n) is 5.85. The third kappa shape index (κ3) is 4.90. The number of nitrogens with zero attached hydrogens (tertiary/aromatic N) is 1. The van der Waals surface area contributed by atoms with E-state index in [2.05, 4.69) is 5.32 Å². The molecule has 1 aromatic rings. The topological polar surface area (TPSA) is 95.9 Å².